The quantitative estimate of drug-likeness (QED) is 0.539. The van der Waals surface area contributed by atoms with Gasteiger partial charge < -0.3 is 0 Å². The molecule has 0 aliphatic carbocycles. The third-order valence-electron chi connectivity index (χ3n) is 2.53. The minimum absolute atomic E-state index is 0.692. The molecular formula is C11H13B. The van der Waals surface area contributed by atoms with Crippen molar-refractivity contribution in [1.82, 2.24) is 0 Å². The molecule has 0 fully saturated rings. The van der Waals surface area contributed by atoms with Gasteiger partial charge in [0.25, 0.3) is 0 Å². The Morgan fingerprint density at radius 2 is 2.00 bits per heavy atom. The van der Waals surface area contributed by atoms with Gasteiger partial charge in [-0.15, -0.1) is 0 Å². The maximum atomic E-state index is 2.33. The molecule has 1 aromatic rings. The molecule has 0 nitrogen and oxygen atoms in total. The van der Waals surface area contributed by atoms with Gasteiger partial charge >= 0.3 is 73.9 Å². The van der Waals surface area contributed by atoms with Gasteiger partial charge in [0.1, 0.15) is 0 Å². The van der Waals surface area contributed by atoms with E-state index in [1.54, 1.807) is 5.46 Å². The minimum atomic E-state index is 0.692. The molecule has 0 amide bonds. The monoisotopic (exact) mass is 156 g/mol. The van der Waals surface area contributed by atoms with E-state index in [9.17, 15) is 0 Å². The number of rotatable bonds is 1. The summed E-state index contributed by atoms with van der Waals surface area (Å²) in [5, 5.41) is 0. The van der Waals surface area contributed by atoms with E-state index in [4.69, 9.17) is 0 Å². The summed E-state index contributed by atoms with van der Waals surface area (Å²) in [6.07, 6.45) is 1.16. The molecule has 1 aromatic carbocycles. The zero-order valence-electron chi connectivity index (χ0n) is 7.67. The van der Waals surface area contributed by atoms with Gasteiger partial charge in [0.05, 0.1) is 0 Å². The molecule has 1 heterocycles. The molecule has 1 aliphatic heterocycles. The Labute approximate surface area is 74.5 Å². The van der Waals surface area contributed by atoms with Crippen LogP contribution in [0.3, 0.4) is 0 Å². The Morgan fingerprint density at radius 3 is 2.67 bits per heavy atom. The molecule has 1 aliphatic rings. The van der Waals surface area contributed by atoms with Gasteiger partial charge in [-0.05, 0) is 0 Å². The molecule has 0 atom stereocenters. The van der Waals surface area contributed by atoms with Crippen molar-refractivity contribution >= 4 is 17.8 Å². The van der Waals surface area contributed by atoms with Crippen LogP contribution in [0.15, 0.2) is 24.3 Å². The van der Waals surface area contributed by atoms with Gasteiger partial charge in [0.15, 0.2) is 0 Å². The van der Waals surface area contributed by atoms with E-state index < -0.39 is 0 Å². The fourth-order valence-corrected chi connectivity index (χ4v) is 1.68. The van der Waals surface area contributed by atoms with Crippen LogP contribution >= 0.6 is 0 Å². The fourth-order valence-electron chi connectivity index (χ4n) is 1.68. The average Bonchev–Trinajstić information content (AvgIpc) is 2.46. The normalized spacial score (nSPS) is 14.1. The molecule has 0 bridgehead atoms. The zero-order chi connectivity index (χ0) is 8.55. The SMILES string of the molecule is CC(C)C1=Bc2ccccc2C1. The topological polar surface area (TPSA) is 0 Å². The van der Waals surface area contributed by atoms with Crippen molar-refractivity contribution < 1.29 is 0 Å². The Kier molecular flexibility index (Phi) is 1.88. The molecule has 0 saturated carbocycles. The van der Waals surface area contributed by atoms with Crippen molar-refractivity contribution in [3.05, 3.63) is 29.8 Å². The summed E-state index contributed by atoms with van der Waals surface area (Å²) in [6.45, 7) is 6.86. The van der Waals surface area contributed by atoms with Gasteiger partial charge in [0, 0.05) is 0 Å². The molecule has 0 aromatic heterocycles. The van der Waals surface area contributed by atoms with E-state index in [-0.39, 0.29) is 0 Å². The van der Waals surface area contributed by atoms with Crippen molar-refractivity contribution in [2.75, 3.05) is 0 Å². The van der Waals surface area contributed by atoms with Crippen molar-refractivity contribution in [3.63, 3.8) is 0 Å². The Hall–Kier alpha value is -0.845. The molecule has 0 radical (unpaired) electrons. The van der Waals surface area contributed by atoms with Crippen molar-refractivity contribution in [1.29, 1.82) is 0 Å². The number of benzene rings is 1. The zero-order valence-corrected chi connectivity index (χ0v) is 7.67. The van der Waals surface area contributed by atoms with Crippen LogP contribution in [0.1, 0.15) is 19.4 Å². The Morgan fingerprint density at radius 1 is 1.25 bits per heavy atom. The molecule has 60 valence electrons. The van der Waals surface area contributed by atoms with Crippen LogP contribution in [0.25, 0.3) is 0 Å². The molecular weight excluding hydrogens is 143 g/mol. The molecule has 0 spiro atoms. The molecule has 1 heteroatoms. The number of hydrogen-bond acceptors (Lipinski definition) is 0. The third kappa shape index (κ3) is 1.24. The van der Waals surface area contributed by atoms with Gasteiger partial charge in [-0.1, -0.05) is 0 Å². The molecule has 0 saturated heterocycles. The average molecular weight is 156 g/mol. The van der Waals surface area contributed by atoms with E-state index in [0.29, 0.717) is 5.92 Å². The van der Waals surface area contributed by atoms with E-state index >= 15 is 0 Å². The first kappa shape index (κ1) is 7.79. The first-order valence-corrected chi connectivity index (χ1v) is 4.56. The standard InChI is InChI=1S/C11H13B/c1-8(2)11-7-9-5-3-4-6-10(9)12-11/h3-6,8H,7H2,1-2H3. The summed E-state index contributed by atoms with van der Waals surface area (Å²) >= 11 is 0. The van der Waals surface area contributed by atoms with E-state index in [0.717, 1.165) is 6.42 Å². The van der Waals surface area contributed by atoms with E-state index in [1.165, 1.54) is 11.0 Å². The van der Waals surface area contributed by atoms with Gasteiger partial charge in [-0.25, -0.2) is 0 Å². The molecule has 0 unspecified atom stereocenters. The van der Waals surface area contributed by atoms with Crippen LogP contribution in [-0.2, 0) is 6.42 Å². The summed E-state index contributed by atoms with van der Waals surface area (Å²) in [5.41, 5.74) is 4.47. The number of hydrogen-bond donors (Lipinski definition) is 0. The fraction of sp³-hybridized carbons (Fsp3) is 0.364. The van der Waals surface area contributed by atoms with E-state index in [2.05, 4.69) is 45.0 Å². The molecule has 12 heavy (non-hydrogen) atoms. The summed E-state index contributed by atoms with van der Waals surface area (Å²) in [6, 6.07) is 8.65. The molecule has 0 N–H and O–H groups in total. The van der Waals surface area contributed by atoms with Crippen LogP contribution in [0.5, 0.6) is 0 Å². The summed E-state index contributed by atoms with van der Waals surface area (Å²) in [4.78, 5) is 0. The first-order chi connectivity index (χ1) is 5.77. The predicted octanol–water partition coefficient (Wildman–Crippen LogP) is 1.40. The van der Waals surface area contributed by atoms with E-state index in [1.807, 2.05) is 0 Å². The Bertz CT molecular complexity index is 324. The van der Waals surface area contributed by atoms with Crippen LogP contribution in [0, 0.1) is 5.92 Å². The maximum absolute atomic E-state index is 2.33. The summed E-state index contributed by atoms with van der Waals surface area (Å²) in [7, 11) is 0. The van der Waals surface area contributed by atoms with Gasteiger partial charge in [-0.3, -0.25) is 0 Å². The first-order valence-electron chi connectivity index (χ1n) is 4.56. The summed E-state index contributed by atoms with van der Waals surface area (Å²) < 4.78 is 0. The van der Waals surface area contributed by atoms with Crippen molar-refractivity contribution in [2.24, 2.45) is 5.92 Å². The Balaban J connectivity index is 2.35. The number of fused-ring (bicyclic) bond motifs is 1. The third-order valence-corrected chi connectivity index (χ3v) is 2.53. The van der Waals surface area contributed by atoms with Crippen molar-refractivity contribution in [3.8, 4) is 0 Å². The second-order valence-electron chi connectivity index (χ2n) is 3.75. The van der Waals surface area contributed by atoms with Crippen LogP contribution < -0.4 is 5.46 Å². The predicted molar refractivity (Wildman–Crippen MR) is 55.4 cm³/mol. The van der Waals surface area contributed by atoms with Gasteiger partial charge in [0.2, 0.25) is 0 Å². The van der Waals surface area contributed by atoms with Crippen LogP contribution in [0.2, 0.25) is 0 Å². The summed E-state index contributed by atoms with van der Waals surface area (Å²) in [5.74, 6) is 0.692. The van der Waals surface area contributed by atoms with Gasteiger partial charge in [-0.2, -0.15) is 0 Å². The second kappa shape index (κ2) is 2.89. The van der Waals surface area contributed by atoms with Crippen LogP contribution in [-0.4, -0.2) is 12.4 Å². The molecule has 2 rings (SSSR count). The second-order valence-corrected chi connectivity index (χ2v) is 3.75. The van der Waals surface area contributed by atoms with Crippen molar-refractivity contribution in [2.45, 2.75) is 20.3 Å². The van der Waals surface area contributed by atoms with Crippen LogP contribution in [0.4, 0.5) is 0 Å².